The minimum atomic E-state index is -2.26. The summed E-state index contributed by atoms with van der Waals surface area (Å²) in [5, 5.41) is 24.0. The first kappa shape index (κ1) is 23.5. The van der Waals surface area contributed by atoms with Crippen LogP contribution in [-0.4, -0.2) is 75.1 Å². The molecular weight excluding hydrogens is 496 g/mol. The largest absolute Gasteiger partial charge is 0.458 e. The molecule has 8 rings (SSSR count). The number of Topliss-reactive ketones (excluding diaryl/α,β-unsaturated/α-hetero) is 1. The minimum absolute atomic E-state index is 0.137. The first-order valence-electron chi connectivity index (χ1n) is 13.5. The fourth-order valence-electron chi connectivity index (χ4n) is 10.0. The Morgan fingerprint density at radius 3 is 2.63 bits per heavy atom. The molecule has 12 atom stereocenters. The monoisotopic (exact) mass is 526 g/mol. The van der Waals surface area contributed by atoms with E-state index < -0.39 is 87.0 Å². The van der Waals surface area contributed by atoms with Gasteiger partial charge in [0.05, 0.1) is 35.9 Å². The molecule has 0 amide bonds. The first-order chi connectivity index (χ1) is 17.8. The average molecular weight is 527 g/mol. The zero-order chi connectivity index (χ0) is 26.8. The van der Waals surface area contributed by atoms with Crippen molar-refractivity contribution in [2.45, 2.75) is 81.3 Å². The van der Waals surface area contributed by atoms with Crippen molar-refractivity contribution in [1.29, 1.82) is 0 Å². The lowest BCUT2D eigenvalue weighted by molar-refractivity contribution is -0.378. The summed E-state index contributed by atoms with van der Waals surface area (Å²) >= 11 is 0. The van der Waals surface area contributed by atoms with Crippen molar-refractivity contribution in [3.05, 3.63) is 23.8 Å². The van der Waals surface area contributed by atoms with Crippen LogP contribution in [-0.2, 0) is 38.1 Å². The second-order valence-electron chi connectivity index (χ2n) is 13.2. The van der Waals surface area contributed by atoms with Crippen LogP contribution in [0.4, 0.5) is 0 Å². The second kappa shape index (κ2) is 6.32. The van der Waals surface area contributed by atoms with Gasteiger partial charge in [0.25, 0.3) is 0 Å². The van der Waals surface area contributed by atoms with E-state index in [-0.39, 0.29) is 31.7 Å². The van der Waals surface area contributed by atoms with Crippen LogP contribution in [0, 0.1) is 34.5 Å². The third-order valence-corrected chi connectivity index (χ3v) is 12.0. The molecule has 0 aromatic heterocycles. The third-order valence-electron chi connectivity index (χ3n) is 12.0. The molecule has 5 aliphatic heterocycles. The number of hydrogen-bond donors (Lipinski definition) is 2. The maximum atomic E-state index is 14.9. The molecule has 1 saturated carbocycles. The highest BCUT2D eigenvalue weighted by atomic mass is 16.8. The molecule has 3 aliphatic carbocycles. The number of aliphatic hydroxyl groups excluding tert-OH is 1. The van der Waals surface area contributed by atoms with Crippen molar-refractivity contribution in [3.63, 3.8) is 0 Å². The lowest BCUT2D eigenvalue weighted by atomic mass is 9.46. The number of carbonyl (C=O) groups is 4. The molecule has 2 spiro atoms. The summed E-state index contributed by atoms with van der Waals surface area (Å²) in [6.07, 6.45) is 3.41. The molecule has 12 unspecified atom stereocenters. The van der Waals surface area contributed by atoms with Crippen molar-refractivity contribution in [1.82, 2.24) is 0 Å². The lowest BCUT2D eigenvalue weighted by Crippen LogP contribution is -2.79. The van der Waals surface area contributed by atoms with Gasteiger partial charge >= 0.3 is 11.9 Å². The highest BCUT2D eigenvalue weighted by Gasteiger charge is 2.93. The quantitative estimate of drug-likeness (QED) is 0.339. The first-order valence-corrected chi connectivity index (χ1v) is 13.5. The molecule has 202 valence electrons. The molecule has 0 aromatic rings. The lowest BCUT2D eigenvalue weighted by Gasteiger charge is -2.63. The molecule has 10 nitrogen and oxygen atoms in total. The number of aliphatic hydroxyl groups is 2. The standard InChI is InChI=1S/C28H30O10/c1-23-10-17-25(3)28-19(23)20(31)27(38-28,35-11-14(23)21(32)36-17)18-13(7-8-26(28,34)22(33)37-25)24(2)12(9-15(18)29)5-4-6-16(24)30/h4,6,9,13-15,17-19,29,34H,5,7-8,10-11H2,1-3H3. The van der Waals surface area contributed by atoms with Crippen LogP contribution in [0.15, 0.2) is 23.8 Å². The van der Waals surface area contributed by atoms with Crippen molar-refractivity contribution >= 4 is 23.5 Å². The van der Waals surface area contributed by atoms with Gasteiger partial charge in [0.1, 0.15) is 6.10 Å². The summed E-state index contributed by atoms with van der Waals surface area (Å²) < 4.78 is 24.9. The predicted octanol–water partition coefficient (Wildman–Crippen LogP) is 0.528. The number of hydrogen-bond acceptors (Lipinski definition) is 10. The van der Waals surface area contributed by atoms with Crippen LogP contribution in [0.5, 0.6) is 0 Å². The minimum Gasteiger partial charge on any atom is -0.458 e. The van der Waals surface area contributed by atoms with Crippen LogP contribution in [0.3, 0.4) is 0 Å². The molecule has 0 aromatic carbocycles. The predicted molar refractivity (Wildman–Crippen MR) is 124 cm³/mol. The molecular formula is C28H30O10. The summed E-state index contributed by atoms with van der Waals surface area (Å²) in [7, 11) is 0. The number of ketones is 2. The van der Waals surface area contributed by atoms with Gasteiger partial charge in [-0.3, -0.25) is 14.4 Å². The molecule has 5 heterocycles. The van der Waals surface area contributed by atoms with Gasteiger partial charge in [-0.05, 0) is 56.9 Å². The Morgan fingerprint density at radius 2 is 1.87 bits per heavy atom. The molecule has 10 heteroatoms. The van der Waals surface area contributed by atoms with E-state index in [1.807, 2.05) is 0 Å². The van der Waals surface area contributed by atoms with Crippen LogP contribution in [0.2, 0.25) is 0 Å². The molecule has 6 fully saturated rings. The zero-order valence-electron chi connectivity index (χ0n) is 21.4. The summed E-state index contributed by atoms with van der Waals surface area (Å²) in [5.41, 5.74) is -7.27. The van der Waals surface area contributed by atoms with Crippen LogP contribution < -0.4 is 0 Å². The number of allylic oxidation sites excluding steroid dienone is 3. The van der Waals surface area contributed by atoms with E-state index in [4.69, 9.17) is 18.9 Å². The summed E-state index contributed by atoms with van der Waals surface area (Å²) in [6, 6.07) is 0. The van der Waals surface area contributed by atoms with Gasteiger partial charge in [-0.25, -0.2) is 4.79 Å². The van der Waals surface area contributed by atoms with E-state index in [0.717, 1.165) is 5.57 Å². The van der Waals surface area contributed by atoms with Gasteiger partial charge < -0.3 is 29.2 Å². The summed E-state index contributed by atoms with van der Waals surface area (Å²) in [6.45, 7) is 4.95. The summed E-state index contributed by atoms with van der Waals surface area (Å²) in [5.74, 6) is -8.00. The maximum Gasteiger partial charge on any atom is 0.342 e. The van der Waals surface area contributed by atoms with Crippen molar-refractivity contribution in [3.8, 4) is 0 Å². The Bertz CT molecular complexity index is 1330. The van der Waals surface area contributed by atoms with E-state index in [2.05, 4.69) is 0 Å². The van der Waals surface area contributed by atoms with Crippen LogP contribution >= 0.6 is 0 Å². The van der Waals surface area contributed by atoms with Gasteiger partial charge in [0, 0.05) is 0 Å². The second-order valence-corrected chi connectivity index (χ2v) is 13.2. The molecule has 2 N–H and O–H groups in total. The zero-order valence-corrected chi connectivity index (χ0v) is 21.4. The number of fused-ring (bicyclic) bond motifs is 5. The molecule has 5 bridgehead atoms. The highest BCUT2D eigenvalue weighted by Crippen LogP contribution is 2.75. The smallest absolute Gasteiger partial charge is 0.342 e. The van der Waals surface area contributed by atoms with Gasteiger partial charge in [-0.2, -0.15) is 0 Å². The van der Waals surface area contributed by atoms with Crippen molar-refractivity contribution < 1.29 is 48.3 Å². The molecule has 8 aliphatic rings. The number of esters is 2. The number of rotatable bonds is 0. The Morgan fingerprint density at radius 1 is 1.11 bits per heavy atom. The summed E-state index contributed by atoms with van der Waals surface area (Å²) in [4.78, 5) is 55.3. The van der Waals surface area contributed by atoms with Gasteiger partial charge in [0.15, 0.2) is 28.4 Å². The van der Waals surface area contributed by atoms with Gasteiger partial charge in [-0.1, -0.05) is 24.6 Å². The van der Waals surface area contributed by atoms with E-state index in [1.54, 1.807) is 32.9 Å². The molecule has 0 radical (unpaired) electrons. The van der Waals surface area contributed by atoms with E-state index in [0.29, 0.717) is 6.42 Å². The fourth-order valence-corrected chi connectivity index (χ4v) is 10.0. The Kier molecular flexibility index (Phi) is 3.91. The topological polar surface area (TPSA) is 146 Å². The van der Waals surface area contributed by atoms with E-state index in [1.165, 1.54) is 6.08 Å². The average Bonchev–Trinajstić information content (AvgIpc) is 3.17. The maximum absolute atomic E-state index is 14.9. The molecule has 5 saturated heterocycles. The van der Waals surface area contributed by atoms with Crippen LogP contribution in [0.25, 0.3) is 0 Å². The SMILES string of the molecule is CC12C(=O)C=CCC1=CC(O)C1C2CCC2(O)C(=O)OC3(C)C4CC5(C)C(COC16OC23C5C6=O)C(=O)O4. The van der Waals surface area contributed by atoms with Crippen molar-refractivity contribution in [2.75, 3.05) is 6.61 Å². The van der Waals surface area contributed by atoms with Gasteiger partial charge in [0.2, 0.25) is 5.79 Å². The fraction of sp³-hybridized carbons (Fsp3) is 0.714. The highest BCUT2D eigenvalue weighted by molar-refractivity contribution is 6.01. The van der Waals surface area contributed by atoms with E-state index in [9.17, 15) is 29.4 Å². The van der Waals surface area contributed by atoms with Crippen molar-refractivity contribution in [2.24, 2.45) is 34.5 Å². The number of carbonyl (C=O) groups excluding carboxylic acids is 4. The normalized spacial score (nSPS) is 59.2. The Balaban J connectivity index is 1.45. The Hall–Kier alpha value is -2.40. The van der Waals surface area contributed by atoms with E-state index >= 15 is 0 Å². The van der Waals surface area contributed by atoms with Gasteiger partial charge in [-0.15, -0.1) is 0 Å². The Labute approximate surface area is 218 Å². The third kappa shape index (κ3) is 2.00. The molecule has 38 heavy (non-hydrogen) atoms. The number of ether oxygens (including phenoxy) is 4. The van der Waals surface area contributed by atoms with Crippen LogP contribution in [0.1, 0.15) is 46.5 Å².